The predicted molar refractivity (Wildman–Crippen MR) is 183 cm³/mol. The molecule has 1 fully saturated rings. The number of ether oxygens (including phenoxy) is 1. The molecular formula is C40H35N3O4. The van der Waals surface area contributed by atoms with Crippen molar-refractivity contribution in [1.29, 1.82) is 0 Å². The van der Waals surface area contributed by atoms with Gasteiger partial charge in [-0.3, -0.25) is 14.9 Å². The molecule has 0 saturated heterocycles. The van der Waals surface area contributed by atoms with E-state index in [2.05, 4.69) is 29.6 Å². The first kappa shape index (κ1) is 30.0. The maximum Gasteiger partial charge on any atom is 0.411 e. The molecule has 0 radical (unpaired) electrons. The van der Waals surface area contributed by atoms with Crippen LogP contribution in [0.25, 0.3) is 22.3 Å². The Balaban J connectivity index is 1.11. The van der Waals surface area contributed by atoms with E-state index in [9.17, 15) is 14.4 Å². The second-order valence-electron chi connectivity index (χ2n) is 12.2. The number of primary amides is 1. The van der Waals surface area contributed by atoms with Crippen LogP contribution in [0.1, 0.15) is 56.2 Å². The molecule has 1 saturated carbocycles. The standard InChI is InChI=1S/C40H35N3O4/c41-38(44)28-11-9-10-27(22-28)24-43(23-26-20-21-26)39(45)35-18-6-5-16-33(35)34-17-7-8-19-37(34)42-40(46)47-25-36-31-14-3-1-12-29(31)30-13-2-4-15-32(30)36/h1-19,22,26,36H,20-21,23-25H2,(H2,41,44)(H,42,46). The van der Waals surface area contributed by atoms with Gasteiger partial charge < -0.3 is 15.4 Å². The molecule has 2 aliphatic carbocycles. The van der Waals surface area contributed by atoms with Gasteiger partial charge in [0.2, 0.25) is 5.91 Å². The molecule has 0 atom stereocenters. The zero-order chi connectivity index (χ0) is 32.3. The monoisotopic (exact) mass is 621 g/mol. The van der Waals surface area contributed by atoms with Crippen molar-refractivity contribution in [1.82, 2.24) is 4.90 Å². The van der Waals surface area contributed by atoms with Crippen molar-refractivity contribution in [3.05, 3.63) is 149 Å². The average molecular weight is 622 g/mol. The average Bonchev–Trinajstić information content (AvgIpc) is 3.87. The second-order valence-corrected chi connectivity index (χ2v) is 12.2. The molecule has 5 aromatic rings. The van der Waals surface area contributed by atoms with Gasteiger partial charge in [0.05, 0.1) is 5.69 Å². The molecule has 0 spiro atoms. The van der Waals surface area contributed by atoms with Crippen LogP contribution in [0.3, 0.4) is 0 Å². The Bertz CT molecular complexity index is 1940. The minimum absolute atomic E-state index is 0.0529. The third kappa shape index (κ3) is 6.38. The number of fused-ring (bicyclic) bond motifs is 3. The van der Waals surface area contributed by atoms with Gasteiger partial charge in [-0.2, -0.15) is 0 Å². The number of benzene rings is 5. The number of amides is 3. The molecule has 3 amide bonds. The van der Waals surface area contributed by atoms with E-state index in [-0.39, 0.29) is 18.4 Å². The Hall–Kier alpha value is -5.69. The van der Waals surface area contributed by atoms with Crippen LogP contribution >= 0.6 is 0 Å². The maximum atomic E-state index is 14.2. The summed E-state index contributed by atoms with van der Waals surface area (Å²) in [6, 6.07) is 38.5. The largest absolute Gasteiger partial charge is 0.448 e. The van der Waals surface area contributed by atoms with E-state index in [1.54, 1.807) is 18.2 Å². The number of nitrogens with two attached hydrogens (primary N) is 1. The van der Waals surface area contributed by atoms with E-state index in [1.165, 1.54) is 11.1 Å². The number of anilines is 1. The zero-order valence-electron chi connectivity index (χ0n) is 25.9. The predicted octanol–water partition coefficient (Wildman–Crippen LogP) is 7.87. The van der Waals surface area contributed by atoms with Crippen LogP contribution in [0.2, 0.25) is 0 Å². The molecule has 47 heavy (non-hydrogen) atoms. The summed E-state index contributed by atoms with van der Waals surface area (Å²) in [4.78, 5) is 41.1. The molecule has 7 heteroatoms. The minimum atomic E-state index is -0.562. The Morgan fingerprint density at radius 2 is 1.34 bits per heavy atom. The highest BCUT2D eigenvalue weighted by Gasteiger charge is 2.30. The van der Waals surface area contributed by atoms with Crippen LogP contribution in [-0.2, 0) is 11.3 Å². The van der Waals surface area contributed by atoms with Gasteiger partial charge in [-0.1, -0.05) is 97.1 Å². The topological polar surface area (TPSA) is 102 Å². The number of nitrogens with zero attached hydrogens (tertiary/aromatic N) is 1. The first-order chi connectivity index (χ1) is 23.0. The molecule has 234 valence electrons. The van der Waals surface area contributed by atoms with Gasteiger partial charge in [-0.25, -0.2) is 4.79 Å². The normalized spacial score (nSPS) is 13.4. The van der Waals surface area contributed by atoms with Crippen molar-refractivity contribution in [2.24, 2.45) is 11.7 Å². The summed E-state index contributed by atoms with van der Waals surface area (Å²) >= 11 is 0. The quantitative estimate of drug-likeness (QED) is 0.166. The van der Waals surface area contributed by atoms with Crippen LogP contribution in [0.5, 0.6) is 0 Å². The summed E-state index contributed by atoms with van der Waals surface area (Å²) in [5.41, 5.74) is 13.9. The minimum Gasteiger partial charge on any atom is -0.448 e. The van der Waals surface area contributed by atoms with Crippen LogP contribution in [0.4, 0.5) is 10.5 Å². The molecule has 7 nitrogen and oxygen atoms in total. The van der Waals surface area contributed by atoms with Crippen molar-refractivity contribution in [3.8, 4) is 22.3 Å². The van der Waals surface area contributed by atoms with Crippen LogP contribution < -0.4 is 11.1 Å². The van der Waals surface area contributed by atoms with E-state index in [0.717, 1.165) is 29.5 Å². The summed E-state index contributed by atoms with van der Waals surface area (Å²) in [6.45, 7) is 1.17. The summed E-state index contributed by atoms with van der Waals surface area (Å²) in [5, 5.41) is 2.95. The van der Waals surface area contributed by atoms with Gasteiger partial charge in [0.1, 0.15) is 6.61 Å². The molecular weight excluding hydrogens is 586 g/mol. The van der Waals surface area contributed by atoms with E-state index < -0.39 is 12.0 Å². The number of hydrogen-bond acceptors (Lipinski definition) is 4. The van der Waals surface area contributed by atoms with E-state index in [1.807, 2.05) is 83.8 Å². The fraction of sp³-hybridized carbons (Fsp3) is 0.175. The lowest BCUT2D eigenvalue weighted by atomic mass is 9.97. The Labute approximate surface area is 274 Å². The van der Waals surface area contributed by atoms with Gasteiger partial charge in [0, 0.05) is 35.7 Å². The van der Waals surface area contributed by atoms with E-state index in [4.69, 9.17) is 10.5 Å². The third-order valence-electron chi connectivity index (χ3n) is 9.00. The second kappa shape index (κ2) is 13.0. The Morgan fingerprint density at radius 1 is 0.723 bits per heavy atom. The number of nitrogens with one attached hydrogen (secondary N) is 1. The van der Waals surface area contributed by atoms with Crippen molar-refractivity contribution in [2.45, 2.75) is 25.3 Å². The fourth-order valence-electron chi connectivity index (χ4n) is 6.52. The van der Waals surface area contributed by atoms with E-state index >= 15 is 0 Å². The molecule has 2 aliphatic rings. The highest BCUT2D eigenvalue weighted by Crippen LogP contribution is 2.44. The number of rotatable bonds is 10. The first-order valence-electron chi connectivity index (χ1n) is 15.9. The molecule has 0 unspecified atom stereocenters. The Kier molecular flexibility index (Phi) is 8.27. The number of carbonyl (C=O) groups excluding carboxylic acids is 3. The molecule has 7 rings (SSSR count). The highest BCUT2D eigenvalue weighted by molar-refractivity contribution is 6.03. The molecule has 5 aromatic carbocycles. The SMILES string of the molecule is NC(=O)c1cccc(CN(CC2CC2)C(=O)c2ccccc2-c2ccccc2NC(=O)OCC2c3ccccc3-c3ccccc32)c1. The van der Waals surface area contributed by atoms with Gasteiger partial charge in [-0.05, 0) is 76.4 Å². The van der Waals surface area contributed by atoms with Crippen molar-refractivity contribution >= 4 is 23.6 Å². The van der Waals surface area contributed by atoms with Crippen LogP contribution in [0.15, 0.2) is 121 Å². The van der Waals surface area contributed by atoms with Crippen molar-refractivity contribution in [3.63, 3.8) is 0 Å². The number of carbonyl (C=O) groups is 3. The molecule has 3 N–H and O–H groups in total. The maximum absolute atomic E-state index is 14.2. The summed E-state index contributed by atoms with van der Waals surface area (Å²) in [6.07, 6.45) is 1.60. The van der Waals surface area contributed by atoms with Crippen molar-refractivity contribution in [2.75, 3.05) is 18.5 Å². The number of para-hydroxylation sites is 1. The lowest BCUT2D eigenvalue weighted by Crippen LogP contribution is -2.33. The molecule has 0 bridgehead atoms. The van der Waals surface area contributed by atoms with Gasteiger partial charge in [0.15, 0.2) is 0 Å². The van der Waals surface area contributed by atoms with Crippen LogP contribution in [-0.4, -0.2) is 36.0 Å². The molecule has 0 aliphatic heterocycles. The summed E-state index contributed by atoms with van der Waals surface area (Å²) < 4.78 is 5.84. The lowest BCUT2D eigenvalue weighted by Gasteiger charge is -2.25. The number of hydrogen-bond donors (Lipinski definition) is 2. The molecule has 0 aromatic heterocycles. The third-order valence-corrected chi connectivity index (χ3v) is 9.00. The zero-order valence-corrected chi connectivity index (χ0v) is 25.9. The summed E-state index contributed by atoms with van der Waals surface area (Å²) in [5.74, 6) is -0.221. The first-order valence-corrected chi connectivity index (χ1v) is 15.9. The van der Waals surface area contributed by atoms with Crippen LogP contribution in [0, 0.1) is 5.92 Å². The highest BCUT2D eigenvalue weighted by atomic mass is 16.5. The summed E-state index contributed by atoms with van der Waals surface area (Å²) in [7, 11) is 0. The van der Waals surface area contributed by atoms with Gasteiger partial charge in [0.25, 0.3) is 5.91 Å². The molecule has 0 heterocycles. The van der Waals surface area contributed by atoms with Gasteiger partial charge >= 0.3 is 6.09 Å². The van der Waals surface area contributed by atoms with Gasteiger partial charge in [-0.15, -0.1) is 0 Å². The smallest absolute Gasteiger partial charge is 0.411 e. The van der Waals surface area contributed by atoms with E-state index in [0.29, 0.717) is 46.9 Å². The lowest BCUT2D eigenvalue weighted by molar-refractivity contribution is 0.0735. The fourth-order valence-corrected chi connectivity index (χ4v) is 6.52. The Morgan fingerprint density at radius 3 is 2.02 bits per heavy atom. The van der Waals surface area contributed by atoms with Crippen molar-refractivity contribution < 1.29 is 19.1 Å².